The van der Waals surface area contributed by atoms with Crippen LogP contribution < -0.4 is 30.2 Å². The first-order chi connectivity index (χ1) is 17.0. The summed E-state index contributed by atoms with van der Waals surface area (Å²) in [4.78, 5) is 25.6. The molecule has 1 heterocycles. The van der Waals surface area contributed by atoms with Gasteiger partial charge in [0.1, 0.15) is 12.4 Å². The van der Waals surface area contributed by atoms with Crippen molar-refractivity contribution in [3.05, 3.63) is 95.2 Å². The van der Waals surface area contributed by atoms with Crippen LogP contribution >= 0.6 is 0 Å². The Balaban J connectivity index is 1.62. The standard InChI is InChI=1S/C27H27N3O5/c1-17-24(26(31)29-20-10-12-21(33-2)13-11-20)25(30-27(32)28-17)19-9-14-22(34-3)23(15-19)35-16-18-7-5-4-6-8-18/h4-15,25H,16H2,1-3H3,(H,29,31)(H2,28,30,32). The van der Waals surface area contributed by atoms with Crippen LogP contribution in [0.1, 0.15) is 24.1 Å². The Morgan fingerprint density at radius 1 is 0.943 bits per heavy atom. The maximum absolute atomic E-state index is 13.3. The van der Waals surface area contributed by atoms with Crippen LogP contribution in [0.3, 0.4) is 0 Å². The van der Waals surface area contributed by atoms with Crippen molar-refractivity contribution >= 4 is 17.6 Å². The van der Waals surface area contributed by atoms with Crippen LogP contribution in [0.25, 0.3) is 0 Å². The molecule has 8 heteroatoms. The Hall–Kier alpha value is -4.46. The van der Waals surface area contributed by atoms with Gasteiger partial charge in [0.05, 0.1) is 25.8 Å². The van der Waals surface area contributed by atoms with Crippen molar-refractivity contribution in [1.82, 2.24) is 10.6 Å². The number of anilines is 1. The number of methoxy groups -OCH3 is 2. The van der Waals surface area contributed by atoms with Gasteiger partial charge >= 0.3 is 6.03 Å². The zero-order valence-electron chi connectivity index (χ0n) is 19.8. The molecule has 0 radical (unpaired) electrons. The van der Waals surface area contributed by atoms with E-state index in [1.165, 1.54) is 0 Å². The number of benzene rings is 3. The Morgan fingerprint density at radius 2 is 1.69 bits per heavy atom. The van der Waals surface area contributed by atoms with Gasteiger partial charge in [-0.2, -0.15) is 0 Å². The monoisotopic (exact) mass is 473 g/mol. The zero-order chi connectivity index (χ0) is 24.8. The van der Waals surface area contributed by atoms with Gasteiger partial charge in [-0.05, 0) is 54.4 Å². The van der Waals surface area contributed by atoms with Crippen LogP contribution in [-0.4, -0.2) is 26.2 Å². The molecular formula is C27H27N3O5. The first kappa shape index (κ1) is 23.7. The SMILES string of the molecule is COc1ccc(NC(=O)C2=C(C)NC(=O)NC2c2ccc(OC)c(OCc3ccccc3)c2)cc1. The maximum Gasteiger partial charge on any atom is 0.319 e. The van der Waals surface area contributed by atoms with Crippen molar-refractivity contribution in [3.63, 3.8) is 0 Å². The van der Waals surface area contributed by atoms with E-state index in [0.717, 1.165) is 5.56 Å². The van der Waals surface area contributed by atoms with E-state index in [1.807, 2.05) is 30.3 Å². The lowest BCUT2D eigenvalue weighted by Crippen LogP contribution is -2.46. The molecule has 3 aromatic carbocycles. The molecule has 0 saturated heterocycles. The van der Waals surface area contributed by atoms with Gasteiger partial charge in [-0.15, -0.1) is 0 Å². The molecule has 0 bridgehead atoms. The van der Waals surface area contributed by atoms with Crippen molar-refractivity contribution < 1.29 is 23.8 Å². The summed E-state index contributed by atoms with van der Waals surface area (Å²) in [7, 11) is 3.14. The van der Waals surface area contributed by atoms with Crippen LogP contribution in [0, 0.1) is 0 Å². The number of carbonyl (C=O) groups excluding carboxylic acids is 2. The number of carbonyl (C=O) groups is 2. The number of rotatable bonds is 8. The molecule has 8 nitrogen and oxygen atoms in total. The summed E-state index contributed by atoms with van der Waals surface area (Å²) in [5.74, 6) is 1.40. The van der Waals surface area contributed by atoms with E-state index in [2.05, 4.69) is 16.0 Å². The molecule has 35 heavy (non-hydrogen) atoms. The van der Waals surface area contributed by atoms with E-state index in [0.29, 0.717) is 46.4 Å². The summed E-state index contributed by atoms with van der Waals surface area (Å²) >= 11 is 0. The molecule has 0 aromatic heterocycles. The quantitative estimate of drug-likeness (QED) is 0.446. The highest BCUT2D eigenvalue weighted by molar-refractivity contribution is 6.06. The normalized spacial score (nSPS) is 15.1. The van der Waals surface area contributed by atoms with Crippen molar-refractivity contribution in [2.45, 2.75) is 19.6 Å². The van der Waals surface area contributed by atoms with Crippen molar-refractivity contribution in [3.8, 4) is 17.2 Å². The minimum atomic E-state index is -0.688. The molecule has 1 aliphatic rings. The summed E-state index contributed by atoms with van der Waals surface area (Å²) in [6.45, 7) is 2.05. The van der Waals surface area contributed by atoms with Crippen LogP contribution in [0.5, 0.6) is 17.2 Å². The van der Waals surface area contributed by atoms with E-state index < -0.39 is 12.1 Å². The third kappa shape index (κ3) is 5.55. The molecule has 3 N–H and O–H groups in total. The van der Waals surface area contributed by atoms with Gasteiger partial charge < -0.3 is 30.2 Å². The third-order valence-corrected chi connectivity index (χ3v) is 5.62. The smallest absolute Gasteiger partial charge is 0.319 e. The van der Waals surface area contributed by atoms with E-state index in [4.69, 9.17) is 14.2 Å². The second kappa shape index (κ2) is 10.6. The van der Waals surface area contributed by atoms with Crippen molar-refractivity contribution in [2.75, 3.05) is 19.5 Å². The van der Waals surface area contributed by atoms with Crippen LogP contribution in [0.15, 0.2) is 84.1 Å². The number of allylic oxidation sites excluding steroid dienone is 1. The molecule has 1 unspecified atom stereocenters. The first-order valence-electron chi connectivity index (χ1n) is 11.1. The van der Waals surface area contributed by atoms with Crippen LogP contribution in [0.2, 0.25) is 0 Å². The fraction of sp³-hybridized carbons (Fsp3) is 0.185. The van der Waals surface area contributed by atoms with Gasteiger partial charge in [-0.3, -0.25) is 4.79 Å². The average molecular weight is 474 g/mol. The van der Waals surface area contributed by atoms with Gasteiger partial charge in [0.15, 0.2) is 11.5 Å². The minimum Gasteiger partial charge on any atom is -0.497 e. The molecule has 1 atom stereocenters. The summed E-state index contributed by atoms with van der Waals surface area (Å²) < 4.78 is 16.7. The van der Waals surface area contributed by atoms with Gasteiger partial charge in [0.2, 0.25) is 0 Å². The molecule has 1 aliphatic heterocycles. The second-order valence-electron chi connectivity index (χ2n) is 7.94. The van der Waals surface area contributed by atoms with Crippen LogP contribution in [-0.2, 0) is 11.4 Å². The molecule has 0 aliphatic carbocycles. The Labute approximate surface area is 203 Å². The van der Waals surface area contributed by atoms with E-state index in [1.54, 1.807) is 63.6 Å². The molecule has 0 fully saturated rings. The highest BCUT2D eigenvalue weighted by Crippen LogP contribution is 2.35. The third-order valence-electron chi connectivity index (χ3n) is 5.62. The fourth-order valence-electron chi connectivity index (χ4n) is 3.84. The topological polar surface area (TPSA) is 97.9 Å². The fourth-order valence-corrected chi connectivity index (χ4v) is 3.84. The number of urea groups is 1. The van der Waals surface area contributed by atoms with E-state index in [-0.39, 0.29) is 5.91 Å². The number of ether oxygens (including phenoxy) is 3. The highest BCUT2D eigenvalue weighted by atomic mass is 16.5. The van der Waals surface area contributed by atoms with Gasteiger partial charge in [0, 0.05) is 11.4 Å². The molecule has 180 valence electrons. The predicted octanol–water partition coefficient (Wildman–Crippen LogP) is 4.55. The summed E-state index contributed by atoms with van der Waals surface area (Å²) in [6.07, 6.45) is 0. The lowest BCUT2D eigenvalue weighted by atomic mass is 9.94. The molecule has 0 saturated carbocycles. The second-order valence-corrected chi connectivity index (χ2v) is 7.94. The van der Waals surface area contributed by atoms with Gasteiger partial charge in [-0.25, -0.2) is 4.79 Å². The van der Waals surface area contributed by atoms with Crippen molar-refractivity contribution in [1.29, 1.82) is 0 Å². The Kier molecular flexibility index (Phi) is 7.21. The molecule has 0 spiro atoms. The number of hydrogen-bond donors (Lipinski definition) is 3. The molecule has 4 rings (SSSR count). The number of amides is 3. The van der Waals surface area contributed by atoms with Gasteiger partial charge in [-0.1, -0.05) is 36.4 Å². The lowest BCUT2D eigenvalue weighted by Gasteiger charge is -2.29. The lowest BCUT2D eigenvalue weighted by molar-refractivity contribution is -0.113. The van der Waals surface area contributed by atoms with Crippen LogP contribution in [0.4, 0.5) is 10.5 Å². The Morgan fingerprint density at radius 3 is 2.37 bits per heavy atom. The summed E-state index contributed by atoms with van der Waals surface area (Å²) in [6, 6.07) is 21.1. The first-order valence-corrected chi connectivity index (χ1v) is 11.1. The largest absolute Gasteiger partial charge is 0.497 e. The van der Waals surface area contributed by atoms with Gasteiger partial charge in [0.25, 0.3) is 5.91 Å². The summed E-state index contributed by atoms with van der Waals surface area (Å²) in [5.41, 5.74) is 3.15. The molecule has 3 amide bonds. The summed E-state index contributed by atoms with van der Waals surface area (Å²) in [5, 5.41) is 8.43. The number of nitrogens with one attached hydrogen (secondary N) is 3. The highest BCUT2D eigenvalue weighted by Gasteiger charge is 2.32. The van der Waals surface area contributed by atoms with Crippen molar-refractivity contribution in [2.24, 2.45) is 0 Å². The number of hydrogen-bond acceptors (Lipinski definition) is 5. The van der Waals surface area contributed by atoms with E-state index >= 15 is 0 Å². The molecule has 3 aromatic rings. The maximum atomic E-state index is 13.3. The zero-order valence-corrected chi connectivity index (χ0v) is 19.8. The average Bonchev–Trinajstić information content (AvgIpc) is 2.87. The Bertz CT molecular complexity index is 1240. The minimum absolute atomic E-state index is 0.340. The van der Waals surface area contributed by atoms with E-state index in [9.17, 15) is 9.59 Å². The predicted molar refractivity (Wildman–Crippen MR) is 133 cm³/mol. The molecular weight excluding hydrogens is 446 g/mol.